The average Bonchev–Trinajstić information content (AvgIpc) is 2.34. The van der Waals surface area contributed by atoms with Crippen molar-refractivity contribution >= 4 is 23.1 Å². The summed E-state index contributed by atoms with van der Waals surface area (Å²) in [5.41, 5.74) is 7.22. The van der Waals surface area contributed by atoms with Gasteiger partial charge >= 0.3 is 0 Å². The minimum Gasteiger partial charge on any atom is -0.409 e. The fourth-order valence-corrected chi connectivity index (χ4v) is 2.11. The number of halogens is 1. The van der Waals surface area contributed by atoms with Gasteiger partial charge in [0.15, 0.2) is 5.84 Å². The Balaban J connectivity index is 3.10. The Hall–Kier alpha value is -1.42. The summed E-state index contributed by atoms with van der Waals surface area (Å²) in [5, 5.41) is 12.2. The van der Waals surface area contributed by atoms with Gasteiger partial charge in [-0.25, -0.2) is 0 Å². The van der Waals surface area contributed by atoms with E-state index in [2.05, 4.69) is 37.8 Å². The molecular weight excluding hydrogens is 262 g/mol. The van der Waals surface area contributed by atoms with Gasteiger partial charge in [0.05, 0.1) is 10.7 Å². The van der Waals surface area contributed by atoms with Crippen molar-refractivity contribution in [2.24, 2.45) is 16.3 Å². The van der Waals surface area contributed by atoms with Gasteiger partial charge in [-0.05, 0) is 30.5 Å². The summed E-state index contributed by atoms with van der Waals surface area (Å²) < 4.78 is 0. The third-order valence-corrected chi connectivity index (χ3v) is 3.87. The molecule has 0 amide bonds. The molecule has 1 rings (SSSR count). The highest BCUT2D eigenvalue weighted by Crippen LogP contribution is 2.32. The van der Waals surface area contributed by atoms with Crippen LogP contribution >= 0.6 is 11.6 Å². The molecule has 0 bridgehead atoms. The molecule has 0 heterocycles. The summed E-state index contributed by atoms with van der Waals surface area (Å²) in [6.07, 6.45) is 0. The number of hydrogen-bond donors (Lipinski definition) is 2. The lowest BCUT2D eigenvalue weighted by Gasteiger charge is -2.37. The number of nitrogens with zero attached hydrogens (tertiary/aromatic N) is 2. The number of rotatable bonds is 3. The molecule has 106 valence electrons. The average molecular weight is 284 g/mol. The van der Waals surface area contributed by atoms with E-state index in [0.29, 0.717) is 16.6 Å². The first kappa shape index (κ1) is 15.6. The number of amidine groups is 1. The third-order valence-electron chi connectivity index (χ3n) is 3.57. The van der Waals surface area contributed by atoms with Crippen LogP contribution < -0.4 is 10.6 Å². The van der Waals surface area contributed by atoms with Crippen molar-refractivity contribution in [3.63, 3.8) is 0 Å². The van der Waals surface area contributed by atoms with E-state index in [9.17, 15) is 0 Å². The molecule has 0 fully saturated rings. The summed E-state index contributed by atoms with van der Waals surface area (Å²) in [6, 6.07) is 5.71. The highest BCUT2D eigenvalue weighted by atomic mass is 35.5. The van der Waals surface area contributed by atoms with Gasteiger partial charge in [0, 0.05) is 18.7 Å². The van der Waals surface area contributed by atoms with Crippen LogP contribution in [-0.4, -0.2) is 24.1 Å². The molecule has 0 saturated heterocycles. The minimum atomic E-state index is 0.0555. The molecule has 5 heteroatoms. The van der Waals surface area contributed by atoms with Gasteiger partial charge in [-0.1, -0.05) is 37.5 Å². The van der Waals surface area contributed by atoms with E-state index in [1.165, 1.54) is 0 Å². The van der Waals surface area contributed by atoms with Crippen molar-refractivity contribution in [3.8, 4) is 0 Å². The topological polar surface area (TPSA) is 61.8 Å². The lowest BCUT2D eigenvalue weighted by Crippen LogP contribution is -2.39. The van der Waals surface area contributed by atoms with E-state index in [-0.39, 0.29) is 11.3 Å². The van der Waals surface area contributed by atoms with Crippen LogP contribution in [0.25, 0.3) is 0 Å². The molecule has 0 saturated carbocycles. The predicted molar refractivity (Wildman–Crippen MR) is 81.3 cm³/mol. The second-order valence-electron chi connectivity index (χ2n) is 5.80. The smallest absolute Gasteiger partial charge is 0.170 e. The molecule has 3 N–H and O–H groups in total. The van der Waals surface area contributed by atoms with Crippen molar-refractivity contribution < 1.29 is 5.21 Å². The lowest BCUT2D eigenvalue weighted by molar-refractivity contribution is 0.318. The van der Waals surface area contributed by atoms with Crippen LogP contribution in [0.1, 0.15) is 33.3 Å². The van der Waals surface area contributed by atoms with Crippen LogP contribution in [0.4, 0.5) is 5.69 Å². The Morgan fingerprint density at radius 2 is 2.00 bits per heavy atom. The van der Waals surface area contributed by atoms with E-state index in [1.54, 1.807) is 12.1 Å². The monoisotopic (exact) mass is 283 g/mol. The summed E-state index contributed by atoms with van der Waals surface area (Å²) >= 11 is 6.29. The first-order valence-electron chi connectivity index (χ1n) is 6.18. The van der Waals surface area contributed by atoms with Gasteiger partial charge in [-0.15, -0.1) is 0 Å². The van der Waals surface area contributed by atoms with Gasteiger partial charge in [0.2, 0.25) is 0 Å². The number of nitrogens with two attached hydrogens (primary N) is 1. The fourth-order valence-electron chi connectivity index (χ4n) is 1.80. The molecule has 1 aromatic rings. The SMILES string of the molecule is CC(N(C)c1ccc(C(N)=NO)cc1Cl)C(C)(C)C. The van der Waals surface area contributed by atoms with E-state index < -0.39 is 0 Å². The van der Waals surface area contributed by atoms with E-state index in [0.717, 1.165) is 5.69 Å². The van der Waals surface area contributed by atoms with E-state index in [1.807, 2.05) is 13.1 Å². The molecule has 0 radical (unpaired) electrons. The lowest BCUT2D eigenvalue weighted by atomic mass is 9.87. The largest absolute Gasteiger partial charge is 0.409 e. The zero-order chi connectivity index (χ0) is 14.8. The molecule has 1 unspecified atom stereocenters. The zero-order valence-corrected chi connectivity index (χ0v) is 12.9. The van der Waals surface area contributed by atoms with Crippen molar-refractivity contribution in [3.05, 3.63) is 28.8 Å². The zero-order valence-electron chi connectivity index (χ0n) is 12.1. The van der Waals surface area contributed by atoms with Gasteiger partial charge in [-0.3, -0.25) is 0 Å². The molecule has 0 aliphatic carbocycles. The normalized spacial score (nSPS) is 14.3. The van der Waals surface area contributed by atoms with E-state index in [4.69, 9.17) is 22.5 Å². The number of anilines is 1. The Bertz CT molecular complexity index is 480. The standard InChI is InChI=1S/C14H22ClN3O/c1-9(14(2,3)4)18(5)12-7-6-10(8-11(12)15)13(16)17-19/h6-9,19H,1-5H3,(H2,16,17). The molecule has 0 aliphatic rings. The quantitative estimate of drug-likeness (QED) is 0.387. The van der Waals surface area contributed by atoms with Crippen molar-refractivity contribution in [2.75, 3.05) is 11.9 Å². The molecular formula is C14H22ClN3O. The number of oxime groups is 1. The molecule has 1 aromatic carbocycles. The first-order valence-corrected chi connectivity index (χ1v) is 6.56. The maximum absolute atomic E-state index is 8.66. The molecule has 0 aromatic heterocycles. The second kappa shape index (κ2) is 5.70. The predicted octanol–water partition coefficient (Wildman–Crippen LogP) is 3.31. The maximum Gasteiger partial charge on any atom is 0.170 e. The van der Waals surface area contributed by atoms with Crippen LogP contribution in [0.3, 0.4) is 0 Å². The Morgan fingerprint density at radius 1 is 1.42 bits per heavy atom. The van der Waals surface area contributed by atoms with Crippen LogP contribution in [0.5, 0.6) is 0 Å². The summed E-state index contributed by atoms with van der Waals surface area (Å²) in [6.45, 7) is 8.72. The van der Waals surface area contributed by atoms with Crippen molar-refractivity contribution in [1.82, 2.24) is 0 Å². The molecule has 4 nitrogen and oxygen atoms in total. The number of benzene rings is 1. The van der Waals surface area contributed by atoms with Crippen LogP contribution in [0.15, 0.2) is 23.4 Å². The van der Waals surface area contributed by atoms with Gasteiger partial charge < -0.3 is 15.8 Å². The summed E-state index contributed by atoms with van der Waals surface area (Å²) in [7, 11) is 2.01. The van der Waals surface area contributed by atoms with Crippen molar-refractivity contribution in [2.45, 2.75) is 33.7 Å². The Kier molecular flexibility index (Phi) is 4.69. The minimum absolute atomic E-state index is 0.0555. The van der Waals surface area contributed by atoms with Crippen LogP contribution in [0, 0.1) is 5.41 Å². The Morgan fingerprint density at radius 3 is 2.42 bits per heavy atom. The van der Waals surface area contributed by atoms with Gasteiger partial charge in [0.1, 0.15) is 0 Å². The van der Waals surface area contributed by atoms with Crippen LogP contribution in [0.2, 0.25) is 5.02 Å². The van der Waals surface area contributed by atoms with E-state index >= 15 is 0 Å². The summed E-state index contributed by atoms with van der Waals surface area (Å²) in [4.78, 5) is 2.14. The summed E-state index contributed by atoms with van der Waals surface area (Å²) in [5.74, 6) is 0.0555. The molecule has 1 atom stereocenters. The third kappa shape index (κ3) is 3.53. The first-order chi connectivity index (χ1) is 8.68. The highest BCUT2D eigenvalue weighted by Gasteiger charge is 2.25. The highest BCUT2D eigenvalue weighted by molar-refractivity contribution is 6.33. The molecule has 0 aliphatic heterocycles. The van der Waals surface area contributed by atoms with Crippen molar-refractivity contribution in [1.29, 1.82) is 0 Å². The fraction of sp³-hybridized carbons (Fsp3) is 0.500. The maximum atomic E-state index is 8.66. The van der Waals surface area contributed by atoms with Crippen LogP contribution in [-0.2, 0) is 0 Å². The second-order valence-corrected chi connectivity index (χ2v) is 6.21. The van der Waals surface area contributed by atoms with Gasteiger partial charge in [-0.2, -0.15) is 0 Å². The van der Waals surface area contributed by atoms with Gasteiger partial charge in [0.25, 0.3) is 0 Å². The Labute approximate surface area is 119 Å². The number of hydrogen-bond acceptors (Lipinski definition) is 3. The molecule has 19 heavy (non-hydrogen) atoms. The molecule has 0 spiro atoms.